The second-order valence-corrected chi connectivity index (χ2v) is 6.01. The smallest absolute Gasteiger partial charge is 0.135 e. The minimum absolute atomic E-state index is 0.194. The summed E-state index contributed by atoms with van der Waals surface area (Å²) >= 11 is 0. The van der Waals surface area contributed by atoms with Crippen LogP contribution in [-0.2, 0) is 0 Å². The molecule has 0 radical (unpaired) electrons. The predicted molar refractivity (Wildman–Crippen MR) is 86.4 cm³/mol. The maximum atomic E-state index is 10.5. The van der Waals surface area contributed by atoms with Gasteiger partial charge in [-0.2, -0.15) is 0 Å². The number of hydrogen-bond donors (Lipinski definition) is 1. The first kappa shape index (κ1) is 14.0. The lowest BCUT2D eigenvalue weighted by Crippen LogP contribution is -2.25. The molecule has 21 heavy (non-hydrogen) atoms. The summed E-state index contributed by atoms with van der Waals surface area (Å²) in [6.07, 6.45) is 9.45. The Morgan fingerprint density at radius 1 is 1.43 bits per heavy atom. The fourth-order valence-corrected chi connectivity index (χ4v) is 3.33. The molecule has 3 rings (SSSR count). The summed E-state index contributed by atoms with van der Waals surface area (Å²) in [4.78, 5) is 0. The second-order valence-electron chi connectivity index (χ2n) is 6.01. The molecule has 2 heteroatoms. The molecule has 0 spiro atoms. The van der Waals surface area contributed by atoms with Crippen molar-refractivity contribution in [3.63, 3.8) is 0 Å². The zero-order chi connectivity index (χ0) is 15.0. The molecule has 1 aromatic carbocycles. The van der Waals surface area contributed by atoms with Gasteiger partial charge in [-0.1, -0.05) is 37.3 Å². The van der Waals surface area contributed by atoms with Crippen molar-refractivity contribution in [2.24, 2.45) is 5.92 Å². The van der Waals surface area contributed by atoms with E-state index in [0.29, 0.717) is 5.75 Å². The van der Waals surface area contributed by atoms with Crippen LogP contribution in [0.2, 0.25) is 0 Å². The highest BCUT2D eigenvalue weighted by molar-refractivity contribution is 5.61. The fourth-order valence-electron chi connectivity index (χ4n) is 3.33. The Morgan fingerprint density at radius 3 is 3.00 bits per heavy atom. The molecule has 0 amide bonds. The van der Waals surface area contributed by atoms with Crippen LogP contribution >= 0.6 is 0 Å². The second kappa shape index (κ2) is 5.44. The molecule has 110 valence electrons. The number of ether oxygens (including phenoxy) is 1. The van der Waals surface area contributed by atoms with Gasteiger partial charge in [0.15, 0.2) is 0 Å². The normalized spacial score (nSPS) is 24.3. The molecule has 1 unspecified atom stereocenters. The van der Waals surface area contributed by atoms with Gasteiger partial charge in [0.2, 0.25) is 0 Å². The summed E-state index contributed by atoms with van der Waals surface area (Å²) in [5.74, 6) is 2.38. The van der Waals surface area contributed by atoms with E-state index in [1.165, 1.54) is 5.57 Å². The maximum Gasteiger partial charge on any atom is 0.135 e. The molecule has 2 atom stereocenters. The summed E-state index contributed by atoms with van der Waals surface area (Å²) in [6, 6.07) is 3.83. The van der Waals surface area contributed by atoms with Gasteiger partial charge in [0, 0.05) is 17.4 Å². The minimum atomic E-state index is 0.194. The van der Waals surface area contributed by atoms with Gasteiger partial charge in [0.1, 0.15) is 17.3 Å². The molecule has 0 bridgehead atoms. The van der Waals surface area contributed by atoms with Gasteiger partial charge in [0.05, 0.1) is 0 Å². The van der Waals surface area contributed by atoms with Crippen LogP contribution in [0.15, 0.2) is 42.2 Å². The molecule has 1 aliphatic heterocycles. The zero-order valence-electron chi connectivity index (χ0n) is 12.7. The Morgan fingerprint density at radius 2 is 2.24 bits per heavy atom. The van der Waals surface area contributed by atoms with Crippen molar-refractivity contribution >= 4 is 6.08 Å². The Labute approximate surface area is 126 Å². The number of benzene rings is 1. The van der Waals surface area contributed by atoms with Crippen molar-refractivity contribution in [1.82, 2.24) is 0 Å². The van der Waals surface area contributed by atoms with Crippen LogP contribution in [0.3, 0.4) is 0 Å². The summed E-state index contributed by atoms with van der Waals surface area (Å²) in [7, 11) is 0. The largest absolute Gasteiger partial charge is 0.507 e. The van der Waals surface area contributed by atoms with E-state index in [-0.39, 0.29) is 11.8 Å². The predicted octanol–water partition coefficient (Wildman–Crippen LogP) is 5.16. The van der Waals surface area contributed by atoms with Gasteiger partial charge in [-0.15, -0.1) is 0 Å². The van der Waals surface area contributed by atoms with Crippen LogP contribution in [0.4, 0.5) is 0 Å². The van der Waals surface area contributed by atoms with Crippen molar-refractivity contribution in [2.45, 2.75) is 39.0 Å². The molecule has 0 saturated heterocycles. The van der Waals surface area contributed by atoms with Crippen LogP contribution in [0.5, 0.6) is 11.5 Å². The van der Waals surface area contributed by atoms with E-state index in [9.17, 15) is 5.11 Å². The van der Waals surface area contributed by atoms with Gasteiger partial charge < -0.3 is 9.84 Å². The first-order chi connectivity index (χ1) is 10.1. The molecule has 1 aromatic rings. The van der Waals surface area contributed by atoms with E-state index in [1.54, 1.807) is 0 Å². The van der Waals surface area contributed by atoms with Gasteiger partial charge >= 0.3 is 0 Å². The lowest BCUT2D eigenvalue weighted by molar-refractivity contribution is 0.275. The first-order valence-electron chi connectivity index (χ1n) is 7.67. The van der Waals surface area contributed by atoms with E-state index in [2.05, 4.69) is 32.6 Å². The Kier molecular flexibility index (Phi) is 3.62. The van der Waals surface area contributed by atoms with Gasteiger partial charge in [-0.25, -0.2) is 0 Å². The van der Waals surface area contributed by atoms with E-state index in [1.807, 2.05) is 18.2 Å². The van der Waals surface area contributed by atoms with Gasteiger partial charge in [0.25, 0.3) is 0 Å². The van der Waals surface area contributed by atoms with Crippen molar-refractivity contribution in [3.8, 4) is 11.5 Å². The van der Waals surface area contributed by atoms with Crippen LogP contribution < -0.4 is 4.74 Å². The van der Waals surface area contributed by atoms with E-state index < -0.39 is 0 Å². The number of rotatable bonds is 2. The third-order valence-corrected chi connectivity index (χ3v) is 4.42. The highest BCUT2D eigenvalue weighted by atomic mass is 16.5. The summed E-state index contributed by atoms with van der Waals surface area (Å²) in [5, 5.41) is 10.5. The van der Waals surface area contributed by atoms with Crippen molar-refractivity contribution < 1.29 is 9.84 Å². The Bertz CT molecular complexity index is 637. The molecule has 0 saturated carbocycles. The highest BCUT2D eigenvalue weighted by Gasteiger charge is 2.36. The van der Waals surface area contributed by atoms with Crippen LogP contribution in [0, 0.1) is 5.92 Å². The summed E-state index contributed by atoms with van der Waals surface area (Å²) in [6.45, 7) is 8.34. The Balaban J connectivity index is 2.10. The fraction of sp³-hybridized carbons (Fsp3) is 0.368. The molecule has 1 N–H and O–H groups in total. The minimum Gasteiger partial charge on any atom is -0.507 e. The lowest BCUT2D eigenvalue weighted by Gasteiger charge is -2.36. The third kappa shape index (κ3) is 2.51. The number of phenols is 1. The molecule has 2 aliphatic rings. The number of phenolic OH excluding ortho intramolecular Hbond substituents is 1. The van der Waals surface area contributed by atoms with Gasteiger partial charge in [-0.3, -0.25) is 0 Å². The first-order valence-corrected chi connectivity index (χ1v) is 7.67. The standard InChI is InChI=1S/C19H22O2/c1-4-5-6-14-10-17(20)19-16-9-12(2)7-8-15(16)13(3)21-18(19)11-14/h5-6,9-11,15-16,20H,3-4,7-8H2,1-2H3/b6-5+/t15-,16?/m0/s1. The molecule has 1 aliphatic carbocycles. The SMILES string of the molecule is C=C1Oc2cc(/C=C/CC)cc(O)c2C2C=C(C)CC[C@@H]12. The van der Waals surface area contributed by atoms with Crippen LogP contribution in [-0.4, -0.2) is 5.11 Å². The van der Waals surface area contributed by atoms with Crippen LogP contribution in [0.1, 0.15) is 50.2 Å². The topological polar surface area (TPSA) is 29.5 Å². The summed E-state index contributed by atoms with van der Waals surface area (Å²) in [5.41, 5.74) is 3.27. The molecular weight excluding hydrogens is 260 g/mol. The quantitative estimate of drug-likeness (QED) is 0.759. The number of hydrogen-bond acceptors (Lipinski definition) is 2. The monoisotopic (exact) mass is 282 g/mol. The molecule has 2 nitrogen and oxygen atoms in total. The number of allylic oxidation sites excluding steroid dienone is 4. The molecule has 1 heterocycles. The van der Waals surface area contributed by atoms with E-state index >= 15 is 0 Å². The zero-order valence-corrected chi connectivity index (χ0v) is 12.7. The van der Waals surface area contributed by atoms with Crippen molar-refractivity contribution in [1.29, 1.82) is 0 Å². The summed E-state index contributed by atoms with van der Waals surface area (Å²) < 4.78 is 5.92. The number of aromatic hydroxyl groups is 1. The van der Waals surface area contributed by atoms with E-state index in [0.717, 1.165) is 41.9 Å². The average molecular weight is 282 g/mol. The third-order valence-electron chi connectivity index (χ3n) is 4.42. The number of fused-ring (bicyclic) bond motifs is 3. The maximum absolute atomic E-state index is 10.5. The molecule has 0 aromatic heterocycles. The van der Waals surface area contributed by atoms with Crippen LogP contribution in [0.25, 0.3) is 6.08 Å². The van der Waals surface area contributed by atoms with E-state index in [4.69, 9.17) is 4.74 Å². The van der Waals surface area contributed by atoms with Gasteiger partial charge in [-0.05, 0) is 43.9 Å². The average Bonchev–Trinajstić information content (AvgIpc) is 2.44. The highest BCUT2D eigenvalue weighted by Crippen LogP contribution is 2.51. The molecular formula is C19H22O2. The van der Waals surface area contributed by atoms with Crippen molar-refractivity contribution in [2.75, 3.05) is 0 Å². The Hall–Kier alpha value is -1.96. The lowest BCUT2D eigenvalue weighted by atomic mass is 9.74. The molecule has 0 fully saturated rings. The van der Waals surface area contributed by atoms with Crippen molar-refractivity contribution in [3.05, 3.63) is 53.3 Å².